The average Bonchev–Trinajstić information content (AvgIpc) is 3.20. The Morgan fingerprint density at radius 2 is 1.66 bits per heavy atom. The Morgan fingerprint density at radius 1 is 1.00 bits per heavy atom. The standard InChI is InChI=1S/C26H25N3OS2/c1-2-3-10-18-15-16-21-22(17-18)32-26(27-21)29-25(31)28-24(30)23(19-11-6-4-7-12-19)20-13-8-5-9-14-20/h4-9,11-17,23H,2-3,10H2,1H3,(H2,27,28,29,30,31). The molecule has 0 spiro atoms. The molecule has 0 aliphatic carbocycles. The van der Waals surface area contributed by atoms with Crippen molar-refractivity contribution in [3.63, 3.8) is 0 Å². The third kappa shape index (κ3) is 5.39. The van der Waals surface area contributed by atoms with Crippen LogP contribution < -0.4 is 10.6 Å². The molecule has 0 saturated carbocycles. The smallest absolute Gasteiger partial charge is 0.238 e. The van der Waals surface area contributed by atoms with Gasteiger partial charge in [-0.15, -0.1) is 0 Å². The van der Waals surface area contributed by atoms with E-state index in [0.29, 0.717) is 5.13 Å². The van der Waals surface area contributed by atoms with Gasteiger partial charge in [-0.3, -0.25) is 4.79 Å². The molecule has 0 aliphatic heterocycles. The average molecular weight is 460 g/mol. The van der Waals surface area contributed by atoms with Crippen LogP contribution >= 0.6 is 23.6 Å². The first-order valence-electron chi connectivity index (χ1n) is 10.7. The topological polar surface area (TPSA) is 54.0 Å². The molecule has 1 aromatic heterocycles. The summed E-state index contributed by atoms with van der Waals surface area (Å²) in [6.07, 6.45) is 3.42. The highest BCUT2D eigenvalue weighted by Crippen LogP contribution is 2.28. The van der Waals surface area contributed by atoms with Crippen LogP contribution in [0.3, 0.4) is 0 Å². The first-order chi connectivity index (χ1) is 15.6. The van der Waals surface area contributed by atoms with Crippen molar-refractivity contribution in [2.75, 3.05) is 5.32 Å². The molecule has 4 aromatic rings. The van der Waals surface area contributed by atoms with Crippen LogP contribution in [0.25, 0.3) is 10.2 Å². The van der Waals surface area contributed by atoms with E-state index in [1.54, 1.807) is 11.3 Å². The van der Waals surface area contributed by atoms with Gasteiger partial charge in [-0.1, -0.05) is 91.4 Å². The van der Waals surface area contributed by atoms with Crippen LogP contribution in [-0.2, 0) is 11.2 Å². The van der Waals surface area contributed by atoms with Gasteiger partial charge in [0.1, 0.15) is 0 Å². The number of nitrogens with one attached hydrogen (secondary N) is 2. The summed E-state index contributed by atoms with van der Waals surface area (Å²) in [7, 11) is 0. The van der Waals surface area contributed by atoms with Crippen LogP contribution in [0.1, 0.15) is 42.4 Å². The van der Waals surface area contributed by atoms with Crippen molar-refractivity contribution in [2.45, 2.75) is 32.1 Å². The van der Waals surface area contributed by atoms with Crippen LogP contribution in [0.5, 0.6) is 0 Å². The van der Waals surface area contributed by atoms with Gasteiger partial charge in [0.25, 0.3) is 0 Å². The number of anilines is 1. The molecule has 1 amide bonds. The molecule has 0 unspecified atom stereocenters. The Labute approximate surface area is 197 Å². The molecule has 0 radical (unpaired) electrons. The second-order valence-electron chi connectivity index (χ2n) is 7.62. The van der Waals surface area contributed by atoms with Crippen molar-refractivity contribution in [2.24, 2.45) is 0 Å². The summed E-state index contributed by atoms with van der Waals surface area (Å²) >= 11 is 6.98. The number of aromatic nitrogens is 1. The van der Waals surface area contributed by atoms with Crippen LogP contribution in [0.2, 0.25) is 0 Å². The maximum Gasteiger partial charge on any atom is 0.238 e. The predicted molar refractivity (Wildman–Crippen MR) is 137 cm³/mol. The molecule has 6 heteroatoms. The third-order valence-corrected chi connectivity index (χ3v) is 6.39. The number of hydrogen-bond donors (Lipinski definition) is 2. The highest BCUT2D eigenvalue weighted by molar-refractivity contribution is 7.80. The number of thiazole rings is 1. The molecule has 32 heavy (non-hydrogen) atoms. The second kappa shape index (κ2) is 10.5. The summed E-state index contributed by atoms with van der Waals surface area (Å²) in [5, 5.41) is 6.87. The number of aryl methyl sites for hydroxylation is 1. The SMILES string of the molecule is CCCCc1ccc2nc(NC(=S)NC(=O)C(c3ccccc3)c3ccccc3)sc2c1. The summed E-state index contributed by atoms with van der Waals surface area (Å²) in [4.78, 5) is 17.8. The van der Waals surface area contributed by atoms with Gasteiger partial charge in [0, 0.05) is 0 Å². The lowest BCUT2D eigenvalue weighted by atomic mass is 9.90. The minimum absolute atomic E-state index is 0.178. The van der Waals surface area contributed by atoms with Crippen LogP contribution in [0.15, 0.2) is 78.9 Å². The normalized spacial score (nSPS) is 10.9. The summed E-state index contributed by atoms with van der Waals surface area (Å²) in [6, 6.07) is 25.8. The van der Waals surface area contributed by atoms with Crippen molar-refractivity contribution in [1.82, 2.24) is 10.3 Å². The summed E-state index contributed by atoms with van der Waals surface area (Å²) < 4.78 is 1.11. The van der Waals surface area contributed by atoms with E-state index in [0.717, 1.165) is 27.8 Å². The molecule has 3 aromatic carbocycles. The fourth-order valence-electron chi connectivity index (χ4n) is 3.66. The minimum atomic E-state index is -0.450. The maximum absolute atomic E-state index is 13.2. The van der Waals surface area contributed by atoms with Crippen LogP contribution in [-0.4, -0.2) is 16.0 Å². The van der Waals surface area contributed by atoms with Gasteiger partial charge in [0.15, 0.2) is 10.2 Å². The monoisotopic (exact) mass is 459 g/mol. The lowest BCUT2D eigenvalue weighted by Gasteiger charge is -2.18. The summed E-state index contributed by atoms with van der Waals surface area (Å²) in [5.41, 5.74) is 4.08. The molecule has 4 nitrogen and oxygen atoms in total. The number of hydrogen-bond acceptors (Lipinski definition) is 4. The Morgan fingerprint density at radius 3 is 2.28 bits per heavy atom. The van der Waals surface area contributed by atoms with E-state index < -0.39 is 5.92 Å². The van der Waals surface area contributed by atoms with Crippen LogP contribution in [0.4, 0.5) is 5.13 Å². The highest BCUT2D eigenvalue weighted by Gasteiger charge is 2.23. The molecular formula is C26H25N3OS2. The zero-order chi connectivity index (χ0) is 22.3. The van der Waals surface area contributed by atoms with Crippen molar-refractivity contribution in [1.29, 1.82) is 0 Å². The number of thiocarbonyl (C=S) groups is 1. The largest absolute Gasteiger partial charge is 0.308 e. The quantitative estimate of drug-likeness (QED) is 0.319. The van der Waals surface area contributed by atoms with E-state index >= 15 is 0 Å². The zero-order valence-corrected chi connectivity index (χ0v) is 19.5. The number of unbranched alkanes of at least 4 members (excludes halogenated alkanes) is 1. The maximum atomic E-state index is 13.2. The van der Waals surface area contributed by atoms with Crippen molar-refractivity contribution in [3.8, 4) is 0 Å². The number of nitrogens with zero attached hydrogens (tertiary/aromatic N) is 1. The second-order valence-corrected chi connectivity index (χ2v) is 9.06. The fourth-order valence-corrected chi connectivity index (χ4v) is 4.85. The van der Waals surface area contributed by atoms with Crippen molar-refractivity contribution < 1.29 is 4.79 Å². The van der Waals surface area contributed by atoms with Gasteiger partial charge >= 0.3 is 0 Å². The number of benzene rings is 3. The fraction of sp³-hybridized carbons (Fsp3) is 0.192. The Bertz CT molecular complexity index is 1170. The van der Waals surface area contributed by atoms with Gasteiger partial charge in [-0.2, -0.15) is 0 Å². The molecule has 0 saturated heterocycles. The van der Waals surface area contributed by atoms with Gasteiger partial charge in [-0.05, 0) is 53.9 Å². The molecule has 0 fully saturated rings. The van der Waals surface area contributed by atoms with E-state index in [9.17, 15) is 4.79 Å². The first-order valence-corrected chi connectivity index (χ1v) is 12.0. The Balaban J connectivity index is 1.48. The van der Waals surface area contributed by atoms with Crippen molar-refractivity contribution in [3.05, 3.63) is 95.6 Å². The van der Waals surface area contributed by atoms with E-state index in [-0.39, 0.29) is 11.0 Å². The molecule has 0 bridgehead atoms. The van der Waals surface area contributed by atoms with Gasteiger partial charge in [0.2, 0.25) is 5.91 Å². The molecule has 0 aliphatic rings. The summed E-state index contributed by atoms with van der Waals surface area (Å²) in [5.74, 6) is -0.628. The van der Waals surface area contributed by atoms with Crippen LogP contribution in [0, 0.1) is 0 Å². The minimum Gasteiger partial charge on any atom is -0.308 e. The van der Waals surface area contributed by atoms with E-state index in [2.05, 4.69) is 34.7 Å². The molecule has 4 rings (SSSR count). The van der Waals surface area contributed by atoms with Gasteiger partial charge in [0.05, 0.1) is 16.1 Å². The molecule has 0 atom stereocenters. The Hall–Kier alpha value is -3.09. The summed E-state index contributed by atoms with van der Waals surface area (Å²) in [6.45, 7) is 2.20. The number of carbonyl (C=O) groups excluding carboxylic acids is 1. The van der Waals surface area contributed by atoms with E-state index in [1.807, 2.05) is 66.7 Å². The third-order valence-electron chi connectivity index (χ3n) is 5.26. The van der Waals surface area contributed by atoms with E-state index in [4.69, 9.17) is 12.2 Å². The lowest BCUT2D eigenvalue weighted by Crippen LogP contribution is -2.37. The van der Waals surface area contributed by atoms with Crippen molar-refractivity contribution >= 4 is 49.9 Å². The molecular weight excluding hydrogens is 434 g/mol. The molecule has 1 heterocycles. The first kappa shape index (κ1) is 22.1. The predicted octanol–water partition coefficient (Wildman–Crippen LogP) is 6.28. The van der Waals surface area contributed by atoms with Gasteiger partial charge < -0.3 is 10.6 Å². The molecule has 162 valence electrons. The number of fused-ring (bicyclic) bond motifs is 1. The molecule has 2 N–H and O–H groups in total. The highest BCUT2D eigenvalue weighted by atomic mass is 32.1. The van der Waals surface area contributed by atoms with E-state index in [1.165, 1.54) is 18.4 Å². The lowest BCUT2D eigenvalue weighted by molar-refractivity contribution is -0.120. The number of rotatable bonds is 7. The van der Waals surface area contributed by atoms with Gasteiger partial charge in [-0.25, -0.2) is 4.98 Å². The number of amides is 1. The zero-order valence-electron chi connectivity index (χ0n) is 17.9. The number of carbonyl (C=O) groups is 1. The Kier molecular flexibility index (Phi) is 7.24.